The van der Waals surface area contributed by atoms with Gasteiger partial charge in [0.2, 0.25) is 0 Å². The van der Waals surface area contributed by atoms with Crippen LogP contribution in [0.3, 0.4) is 0 Å². The number of benzene rings is 1. The third-order valence-corrected chi connectivity index (χ3v) is 3.58. The van der Waals surface area contributed by atoms with E-state index >= 15 is 0 Å². The van der Waals surface area contributed by atoms with Crippen molar-refractivity contribution in [1.29, 1.82) is 0 Å². The molecule has 0 fully saturated rings. The van der Waals surface area contributed by atoms with E-state index in [0.717, 1.165) is 4.90 Å². The van der Waals surface area contributed by atoms with Crippen LogP contribution in [-0.4, -0.2) is 29.5 Å². The van der Waals surface area contributed by atoms with E-state index in [1.807, 2.05) is 12.1 Å². The minimum atomic E-state index is -0.900. The minimum absolute atomic E-state index is 0.421. The Morgan fingerprint density at radius 3 is 2.65 bits per heavy atom. The molecule has 1 atom stereocenters. The highest BCUT2D eigenvalue weighted by atomic mass is 32.2. The standard InChI is InChI=1S/C13H18O3S/c1-4-16-12(13(14)15)8-17-11-6-5-9(2)10(3)7-11/h5-7,12H,4,8H2,1-3H3,(H,14,15). The number of carbonyl (C=O) groups is 1. The molecule has 0 aliphatic carbocycles. The topological polar surface area (TPSA) is 46.5 Å². The molecule has 1 N–H and O–H groups in total. The summed E-state index contributed by atoms with van der Waals surface area (Å²) in [5.74, 6) is -0.464. The minimum Gasteiger partial charge on any atom is -0.479 e. The number of ether oxygens (including phenoxy) is 1. The number of carboxylic acids is 1. The Hall–Kier alpha value is -1.00. The van der Waals surface area contributed by atoms with Crippen molar-refractivity contribution in [3.05, 3.63) is 29.3 Å². The summed E-state index contributed by atoms with van der Waals surface area (Å²) >= 11 is 1.51. The van der Waals surface area contributed by atoms with Gasteiger partial charge in [0.25, 0.3) is 0 Å². The van der Waals surface area contributed by atoms with Crippen molar-refractivity contribution < 1.29 is 14.6 Å². The molecule has 0 saturated heterocycles. The molecule has 4 heteroatoms. The predicted molar refractivity (Wildman–Crippen MR) is 69.7 cm³/mol. The number of hydrogen-bond acceptors (Lipinski definition) is 3. The van der Waals surface area contributed by atoms with Gasteiger partial charge in [-0.3, -0.25) is 0 Å². The average molecular weight is 254 g/mol. The van der Waals surface area contributed by atoms with E-state index in [-0.39, 0.29) is 0 Å². The van der Waals surface area contributed by atoms with Crippen LogP contribution in [0.1, 0.15) is 18.1 Å². The third-order valence-electron chi connectivity index (χ3n) is 2.52. The highest BCUT2D eigenvalue weighted by Gasteiger charge is 2.17. The Balaban J connectivity index is 2.59. The lowest BCUT2D eigenvalue weighted by Crippen LogP contribution is -2.26. The van der Waals surface area contributed by atoms with Crippen LogP contribution < -0.4 is 0 Å². The number of hydrogen-bond donors (Lipinski definition) is 1. The third kappa shape index (κ3) is 4.40. The molecule has 0 bridgehead atoms. The van der Waals surface area contributed by atoms with Crippen LogP contribution in [0.5, 0.6) is 0 Å². The van der Waals surface area contributed by atoms with Crippen LogP contribution in [0.15, 0.2) is 23.1 Å². The first-order valence-corrected chi connectivity index (χ1v) is 6.57. The lowest BCUT2D eigenvalue weighted by molar-refractivity contribution is -0.148. The molecule has 1 unspecified atom stereocenters. The maximum atomic E-state index is 10.9. The zero-order valence-electron chi connectivity index (χ0n) is 10.4. The van der Waals surface area contributed by atoms with Crippen molar-refractivity contribution in [3.63, 3.8) is 0 Å². The lowest BCUT2D eigenvalue weighted by atomic mass is 10.1. The van der Waals surface area contributed by atoms with Gasteiger partial charge in [-0.25, -0.2) is 4.79 Å². The van der Waals surface area contributed by atoms with Crippen LogP contribution in [0.25, 0.3) is 0 Å². The van der Waals surface area contributed by atoms with Gasteiger partial charge in [0.1, 0.15) is 0 Å². The summed E-state index contributed by atoms with van der Waals surface area (Å²) in [5, 5.41) is 8.94. The van der Waals surface area contributed by atoms with Crippen LogP contribution in [-0.2, 0) is 9.53 Å². The number of aryl methyl sites for hydroxylation is 2. The SMILES string of the molecule is CCOC(CSc1ccc(C)c(C)c1)C(=O)O. The Labute approximate surface area is 106 Å². The average Bonchev–Trinajstić information content (AvgIpc) is 2.28. The first-order valence-electron chi connectivity index (χ1n) is 5.59. The molecule has 3 nitrogen and oxygen atoms in total. The molecule has 1 aromatic rings. The monoisotopic (exact) mass is 254 g/mol. The fourth-order valence-electron chi connectivity index (χ4n) is 1.37. The summed E-state index contributed by atoms with van der Waals surface area (Å²) in [6.45, 7) is 6.34. The molecule has 0 saturated carbocycles. The van der Waals surface area contributed by atoms with E-state index in [0.29, 0.717) is 12.4 Å². The Bertz CT molecular complexity index is 390. The maximum Gasteiger partial charge on any atom is 0.333 e. The van der Waals surface area contributed by atoms with E-state index < -0.39 is 12.1 Å². The molecule has 0 aliphatic rings. The van der Waals surface area contributed by atoms with E-state index in [1.54, 1.807) is 6.92 Å². The fourth-order valence-corrected chi connectivity index (χ4v) is 2.37. The number of thioether (sulfide) groups is 1. The first-order chi connectivity index (χ1) is 8.04. The van der Waals surface area contributed by atoms with Gasteiger partial charge in [0, 0.05) is 17.3 Å². The van der Waals surface area contributed by atoms with Crippen molar-refractivity contribution in [2.45, 2.75) is 31.8 Å². The van der Waals surface area contributed by atoms with Gasteiger partial charge >= 0.3 is 5.97 Å². The van der Waals surface area contributed by atoms with Crippen LogP contribution in [0.4, 0.5) is 0 Å². The van der Waals surface area contributed by atoms with Crippen molar-refractivity contribution >= 4 is 17.7 Å². The zero-order chi connectivity index (χ0) is 12.8. The summed E-state index contributed by atoms with van der Waals surface area (Å²) < 4.78 is 5.16. The molecule has 1 aromatic carbocycles. The van der Waals surface area contributed by atoms with Gasteiger partial charge in [0.15, 0.2) is 6.10 Å². The lowest BCUT2D eigenvalue weighted by Gasteiger charge is -2.12. The summed E-state index contributed by atoms with van der Waals surface area (Å²) in [4.78, 5) is 12.0. The molecule has 0 radical (unpaired) electrons. The van der Waals surface area contributed by atoms with Gasteiger partial charge < -0.3 is 9.84 Å². The fraction of sp³-hybridized carbons (Fsp3) is 0.462. The molecule has 94 valence electrons. The van der Waals surface area contributed by atoms with Gasteiger partial charge in [0.05, 0.1) is 0 Å². The van der Waals surface area contributed by atoms with Crippen molar-refractivity contribution in [2.75, 3.05) is 12.4 Å². The van der Waals surface area contributed by atoms with Crippen molar-refractivity contribution in [1.82, 2.24) is 0 Å². The second-order valence-electron chi connectivity index (χ2n) is 3.84. The summed E-state index contributed by atoms with van der Waals surface area (Å²) in [5.41, 5.74) is 2.47. The molecule has 1 rings (SSSR count). The largest absolute Gasteiger partial charge is 0.479 e. The van der Waals surface area contributed by atoms with Crippen LogP contribution >= 0.6 is 11.8 Å². The van der Waals surface area contributed by atoms with E-state index in [2.05, 4.69) is 19.9 Å². The molecular weight excluding hydrogens is 236 g/mol. The zero-order valence-corrected chi connectivity index (χ0v) is 11.2. The molecule has 0 spiro atoms. The molecule has 17 heavy (non-hydrogen) atoms. The number of rotatable bonds is 6. The van der Waals surface area contributed by atoms with Crippen molar-refractivity contribution in [3.8, 4) is 0 Å². The normalized spacial score (nSPS) is 12.4. The molecule has 0 aliphatic heterocycles. The first kappa shape index (κ1) is 14.1. The number of carboxylic acid groups (broad SMARTS) is 1. The quantitative estimate of drug-likeness (QED) is 0.793. The summed E-state index contributed by atoms with van der Waals surface area (Å²) in [6, 6.07) is 6.14. The van der Waals surface area contributed by atoms with Gasteiger partial charge in [-0.15, -0.1) is 11.8 Å². The molecule has 0 heterocycles. The van der Waals surface area contributed by atoms with E-state index in [9.17, 15) is 4.79 Å². The Kier molecular flexibility index (Phi) is 5.51. The molecular formula is C13H18O3S. The molecule has 0 aromatic heterocycles. The smallest absolute Gasteiger partial charge is 0.333 e. The Morgan fingerprint density at radius 1 is 1.41 bits per heavy atom. The van der Waals surface area contributed by atoms with Gasteiger partial charge in [-0.2, -0.15) is 0 Å². The van der Waals surface area contributed by atoms with Gasteiger partial charge in [-0.1, -0.05) is 6.07 Å². The van der Waals surface area contributed by atoms with E-state index in [4.69, 9.17) is 9.84 Å². The van der Waals surface area contributed by atoms with Crippen LogP contribution in [0.2, 0.25) is 0 Å². The number of aliphatic carboxylic acids is 1. The summed E-state index contributed by atoms with van der Waals surface area (Å²) in [7, 11) is 0. The highest BCUT2D eigenvalue weighted by molar-refractivity contribution is 7.99. The summed E-state index contributed by atoms with van der Waals surface area (Å²) in [6.07, 6.45) is -0.730. The predicted octanol–water partition coefficient (Wildman–Crippen LogP) is 2.89. The van der Waals surface area contributed by atoms with E-state index in [1.165, 1.54) is 22.9 Å². The highest BCUT2D eigenvalue weighted by Crippen LogP contribution is 2.22. The second-order valence-corrected chi connectivity index (χ2v) is 4.93. The molecule has 0 amide bonds. The van der Waals surface area contributed by atoms with Gasteiger partial charge in [-0.05, 0) is 44.0 Å². The van der Waals surface area contributed by atoms with Crippen molar-refractivity contribution in [2.24, 2.45) is 0 Å². The van der Waals surface area contributed by atoms with Crippen LogP contribution in [0, 0.1) is 13.8 Å². The Morgan fingerprint density at radius 2 is 2.12 bits per heavy atom. The maximum absolute atomic E-state index is 10.9. The second kappa shape index (κ2) is 6.67.